The molecule has 0 aliphatic carbocycles. The lowest BCUT2D eigenvalue weighted by molar-refractivity contribution is 0.528. The predicted octanol–water partition coefficient (Wildman–Crippen LogP) is 1.83. The Morgan fingerprint density at radius 2 is 2.29 bits per heavy atom. The number of rotatable bonds is 0. The van der Waals surface area contributed by atoms with Crippen molar-refractivity contribution < 1.29 is 0 Å². The summed E-state index contributed by atoms with van der Waals surface area (Å²) in [6.45, 7) is 7.32. The molecule has 0 amide bonds. The lowest BCUT2D eigenvalue weighted by Crippen LogP contribution is -2.33. The van der Waals surface area contributed by atoms with Gasteiger partial charge in [-0.25, -0.2) is 9.97 Å². The van der Waals surface area contributed by atoms with Gasteiger partial charge in [0.05, 0.1) is 0 Å². The van der Waals surface area contributed by atoms with Gasteiger partial charge in [-0.1, -0.05) is 5.92 Å². The topological polar surface area (TPSA) is 37.8 Å². The molecule has 3 heteroatoms. The van der Waals surface area contributed by atoms with Crippen LogP contribution < -0.4 is 5.32 Å². The van der Waals surface area contributed by atoms with E-state index < -0.39 is 0 Å². The molecule has 88 valence electrons. The summed E-state index contributed by atoms with van der Waals surface area (Å²) in [7, 11) is 0. The predicted molar refractivity (Wildman–Crippen MR) is 68.4 cm³/mol. The van der Waals surface area contributed by atoms with Gasteiger partial charge in [-0.3, -0.25) is 0 Å². The lowest BCUT2D eigenvalue weighted by Gasteiger charge is -2.19. The van der Waals surface area contributed by atoms with Gasteiger partial charge in [0, 0.05) is 17.4 Å². The van der Waals surface area contributed by atoms with Crippen LogP contribution >= 0.6 is 0 Å². The molecule has 1 saturated heterocycles. The van der Waals surface area contributed by atoms with Gasteiger partial charge >= 0.3 is 0 Å². The maximum Gasteiger partial charge on any atom is 0.205 e. The molecular formula is C14H17N3. The Bertz CT molecular complexity index is 504. The van der Waals surface area contributed by atoms with E-state index in [9.17, 15) is 0 Å². The number of aryl methyl sites for hydroxylation is 1. The summed E-state index contributed by atoms with van der Waals surface area (Å²) < 4.78 is 0. The molecule has 0 unspecified atom stereocenters. The van der Waals surface area contributed by atoms with Crippen molar-refractivity contribution in [3.63, 3.8) is 0 Å². The van der Waals surface area contributed by atoms with E-state index in [-0.39, 0.29) is 5.54 Å². The number of aromatic nitrogens is 2. The van der Waals surface area contributed by atoms with Crippen LogP contribution in [0.25, 0.3) is 0 Å². The highest BCUT2D eigenvalue weighted by Crippen LogP contribution is 2.24. The first-order valence-electron chi connectivity index (χ1n) is 5.84. The van der Waals surface area contributed by atoms with Crippen molar-refractivity contribution >= 4 is 0 Å². The Kier molecular flexibility index (Phi) is 3.26. The van der Waals surface area contributed by atoms with Crippen molar-refractivity contribution in [3.8, 4) is 11.8 Å². The third-order valence-electron chi connectivity index (χ3n) is 2.99. The van der Waals surface area contributed by atoms with Gasteiger partial charge in [-0.05, 0) is 57.4 Å². The zero-order chi connectivity index (χ0) is 12.3. The minimum absolute atomic E-state index is 0.0716. The molecule has 1 fully saturated rings. The van der Waals surface area contributed by atoms with Gasteiger partial charge < -0.3 is 5.32 Å². The molecule has 1 aromatic heterocycles. The van der Waals surface area contributed by atoms with Gasteiger partial charge in [0.1, 0.15) is 0 Å². The van der Waals surface area contributed by atoms with E-state index in [0.29, 0.717) is 5.82 Å². The van der Waals surface area contributed by atoms with Crippen molar-refractivity contribution in [2.24, 2.45) is 0 Å². The van der Waals surface area contributed by atoms with E-state index in [1.807, 2.05) is 19.1 Å². The second-order valence-electron chi connectivity index (χ2n) is 4.76. The fourth-order valence-electron chi connectivity index (χ4n) is 1.89. The summed E-state index contributed by atoms with van der Waals surface area (Å²) in [5.41, 5.74) is 2.36. The average molecular weight is 227 g/mol. The number of hydrogen-bond acceptors (Lipinski definition) is 3. The Balaban J connectivity index is 2.16. The van der Waals surface area contributed by atoms with Crippen molar-refractivity contribution in [3.05, 3.63) is 35.4 Å². The Hall–Kier alpha value is -1.66. The van der Waals surface area contributed by atoms with Crippen LogP contribution in [0, 0.1) is 18.8 Å². The summed E-state index contributed by atoms with van der Waals surface area (Å²) in [5, 5.41) is 3.44. The molecule has 1 aliphatic rings. The molecule has 1 aliphatic heterocycles. The van der Waals surface area contributed by atoms with Gasteiger partial charge in [0.15, 0.2) is 0 Å². The standard InChI is InChI=1S/C14H17N3/c1-11-7-9-15-13(17-11)6-4-5-12-8-10-16-14(12,2)3/h5,7,9,16H,8,10H2,1-3H3/b12-5+. The molecule has 0 aromatic carbocycles. The molecule has 17 heavy (non-hydrogen) atoms. The second-order valence-corrected chi connectivity index (χ2v) is 4.76. The Labute approximate surface area is 102 Å². The first-order chi connectivity index (χ1) is 8.08. The second kappa shape index (κ2) is 4.68. The largest absolute Gasteiger partial charge is 0.308 e. The smallest absolute Gasteiger partial charge is 0.205 e. The molecule has 0 atom stereocenters. The third-order valence-corrected chi connectivity index (χ3v) is 2.99. The highest BCUT2D eigenvalue weighted by molar-refractivity contribution is 5.34. The summed E-state index contributed by atoms with van der Waals surface area (Å²) in [6.07, 6.45) is 4.79. The van der Waals surface area contributed by atoms with Gasteiger partial charge in [-0.15, -0.1) is 0 Å². The summed E-state index contributed by atoms with van der Waals surface area (Å²) in [4.78, 5) is 8.35. The maximum atomic E-state index is 4.24. The lowest BCUT2D eigenvalue weighted by atomic mass is 9.96. The first-order valence-corrected chi connectivity index (χ1v) is 5.84. The number of allylic oxidation sites excluding steroid dienone is 1. The van der Waals surface area contributed by atoms with Crippen molar-refractivity contribution in [2.75, 3.05) is 6.54 Å². The molecule has 2 rings (SSSR count). The SMILES string of the molecule is Cc1ccnc(C#C/C=C2\CCNC2(C)C)n1. The molecule has 0 radical (unpaired) electrons. The van der Waals surface area contributed by atoms with Crippen LogP contribution in [0.4, 0.5) is 0 Å². The molecule has 0 saturated carbocycles. The minimum Gasteiger partial charge on any atom is -0.308 e. The Morgan fingerprint density at radius 1 is 1.47 bits per heavy atom. The highest BCUT2D eigenvalue weighted by atomic mass is 15.0. The van der Waals surface area contributed by atoms with Crippen molar-refractivity contribution in [1.29, 1.82) is 0 Å². The fourth-order valence-corrected chi connectivity index (χ4v) is 1.89. The van der Waals surface area contributed by atoms with Crippen molar-refractivity contribution in [2.45, 2.75) is 32.7 Å². The van der Waals surface area contributed by atoms with Crippen LogP contribution in [-0.2, 0) is 0 Å². The van der Waals surface area contributed by atoms with Gasteiger partial charge in [-0.2, -0.15) is 0 Å². The molecule has 0 bridgehead atoms. The molecule has 1 N–H and O–H groups in total. The monoisotopic (exact) mass is 227 g/mol. The molecule has 3 nitrogen and oxygen atoms in total. The maximum absolute atomic E-state index is 4.24. The normalized spacial score (nSPS) is 20.1. The third kappa shape index (κ3) is 2.92. The number of hydrogen-bond donors (Lipinski definition) is 1. The zero-order valence-corrected chi connectivity index (χ0v) is 10.5. The minimum atomic E-state index is 0.0716. The molecular weight excluding hydrogens is 210 g/mol. The van der Waals surface area contributed by atoms with Crippen LogP contribution in [0.15, 0.2) is 23.9 Å². The zero-order valence-electron chi connectivity index (χ0n) is 10.5. The first kappa shape index (κ1) is 11.8. The highest BCUT2D eigenvalue weighted by Gasteiger charge is 2.27. The number of nitrogens with one attached hydrogen (secondary N) is 1. The summed E-state index contributed by atoms with van der Waals surface area (Å²) in [6, 6.07) is 1.87. The van der Waals surface area contributed by atoms with Gasteiger partial charge in [0.25, 0.3) is 0 Å². The average Bonchev–Trinajstić information content (AvgIpc) is 2.58. The van der Waals surface area contributed by atoms with E-state index in [0.717, 1.165) is 18.7 Å². The van der Waals surface area contributed by atoms with Crippen LogP contribution in [0.1, 0.15) is 31.8 Å². The van der Waals surface area contributed by atoms with Gasteiger partial charge in [0.2, 0.25) is 5.82 Å². The summed E-state index contributed by atoms with van der Waals surface area (Å²) >= 11 is 0. The van der Waals surface area contributed by atoms with Crippen LogP contribution in [-0.4, -0.2) is 22.1 Å². The van der Waals surface area contributed by atoms with E-state index in [2.05, 4.69) is 41.0 Å². The quantitative estimate of drug-likeness (QED) is 0.687. The van der Waals surface area contributed by atoms with E-state index in [4.69, 9.17) is 0 Å². The number of nitrogens with zero attached hydrogens (tertiary/aromatic N) is 2. The fraction of sp³-hybridized carbons (Fsp3) is 0.429. The Morgan fingerprint density at radius 3 is 2.94 bits per heavy atom. The van der Waals surface area contributed by atoms with E-state index in [1.54, 1.807) is 6.20 Å². The van der Waals surface area contributed by atoms with Crippen LogP contribution in [0.2, 0.25) is 0 Å². The van der Waals surface area contributed by atoms with Crippen molar-refractivity contribution in [1.82, 2.24) is 15.3 Å². The molecule has 1 aromatic rings. The van der Waals surface area contributed by atoms with Crippen LogP contribution in [0.3, 0.4) is 0 Å². The van der Waals surface area contributed by atoms with Crippen LogP contribution in [0.5, 0.6) is 0 Å². The molecule has 2 heterocycles. The summed E-state index contributed by atoms with van der Waals surface area (Å²) in [5.74, 6) is 6.61. The molecule has 0 spiro atoms. The van der Waals surface area contributed by atoms with E-state index in [1.165, 1.54) is 5.57 Å². The van der Waals surface area contributed by atoms with E-state index >= 15 is 0 Å².